The molecule has 6 heteroatoms. The van der Waals surface area contributed by atoms with Gasteiger partial charge in [0.1, 0.15) is 17.5 Å². The average Bonchev–Trinajstić information content (AvgIpc) is 3.34. The minimum Gasteiger partial charge on any atom is -0.495 e. The van der Waals surface area contributed by atoms with Crippen LogP contribution >= 0.6 is 11.3 Å². The van der Waals surface area contributed by atoms with Crippen molar-refractivity contribution in [1.82, 2.24) is 4.57 Å². The molecular formula is C21H18N2O3S. The van der Waals surface area contributed by atoms with E-state index in [4.69, 9.17) is 9.47 Å². The second-order valence-electron chi connectivity index (χ2n) is 6.21. The molecule has 4 rings (SSSR count). The van der Waals surface area contributed by atoms with Crippen LogP contribution in [0.3, 0.4) is 0 Å². The number of fused-ring (bicyclic) bond motifs is 3. The van der Waals surface area contributed by atoms with Gasteiger partial charge < -0.3 is 14.0 Å². The van der Waals surface area contributed by atoms with Crippen LogP contribution in [0.15, 0.2) is 35.7 Å². The van der Waals surface area contributed by atoms with Gasteiger partial charge in [-0.3, -0.25) is 0 Å². The number of rotatable bonds is 4. The van der Waals surface area contributed by atoms with Crippen molar-refractivity contribution < 1.29 is 14.3 Å². The topological polar surface area (TPSA) is 64.2 Å². The third kappa shape index (κ3) is 2.81. The molecule has 0 radical (unpaired) electrons. The zero-order chi connectivity index (χ0) is 19.0. The van der Waals surface area contributed by atoms with Crippen LogP contribution in [0.4, 0.5) is 0 Å². The second kappa shape index (κ2) is 6.93. The van der Waals surface area contributed by atoms with E-state index >= 15 is 0 Å². The minimum atomic E-state index is -0.320. The van der Waals surface area contributed by atoms with Crippen molar-refractivity contribution in [3.63, 3.8) is 0 Å². The molecule has 0 bridgehead atoms. The molecule has 5 nitrogen and oxygen atoms in total. The largest absolute Gasteiger partial charge is 0.495 e. The Bertz CT molecular complexity index is 1060. The van der Waals surface area contributed by atoms with Crippen LogP contribution in [0.1, 0.15) is 28.5 Å². The van der Waals surface area contributed by atoms with Gasteiger partial charge >= 0.3 is 5.97 Å². The molecule has 0 saturated carbocycles. The fourth-order valence-corrected chi connectivity index (χ4v) is 4.35. The molecule has 3 heterocycles. The SMILES string of the molecule is CCOC(=O)c1cc(-c2cccs2)c2n1CCc1cc(OC)c(C#N)cc1-2. The number of hydrogen-bond acceptors (Lipinski definition) is 5. The summed E-state index contributed by atoms with van der Waals surface area (Å²) in [6.45, 7) is 2.82. The minimum absolute atomic E-state index is 0.320. The highest BCUT2D eigenvalue weighted by Gasteiger charge is 2.28. The molecule has 0 amide bonds. The van der Waals surface area contributed by atoms with Gasteiger partial charge in [0.15, 0.2) is 0 Å². The zero-order valence-corrected chi connectivity index (χ0v) is 15.9. The number of carbonyl (C=O) groups excluding carboxylic acids is 1. The molecular weight excluding hydrogens is 360 g/mol. The first-order valence-corrected chi connectivity index (χ1v) is 9.61. The van der Waals surface area contributed by atoms with Crippen LogP contribution in [0, 0.1) is 11.3 Å². The van der Waals surface area contributed by atoms with Gasteiger partial charge in [-0.1, -0.05) is 6.07 Å². The van der Waals surface area contributed by atoms with Crippen LogP contribution in [-0.2, 0) is 17.7 Å². The number of esters is 1. The molecule has 0 fully saturated rings. The molecule has 27 heavy (non-hydrogen) atoms. The summed E-state index contributed by atoms with van der Waals surface area (Å²) in [6.07, 6.45) is 0.759. The number of aryl methyl sites for hydroxylation is 1. The van der Waals surface area contributed by atoms with Crippen molar-refractivity contribution in [2.75, 3.05) is 13.7 Å². The summed E-state index contributed by atoms with van der Waals surface area (Å²) < 4.78 is 12.6. The summed E-state index contributed by atoms with van der Waals surface area (Å²) in [7, 11) is 1.57. The lowest BCUT2D eigenvalue weighted by Crippen LogP contribution is -2.17. The van der Waals surface area contributed by atoms with Crippen LogP contribution in [0.5, 0.6) is 5.75 Å². The number of nitriles is 1. The quantitative estimate of drug-likeness (QED) is 0.627. The molecule has 0 saturated heterocycles. The molecule has 0 spiro atoms. The van der Waals surface area contributed by atoms with Crippen molar-refractivity contribution in [3.05, 3.63) is 52.5 Å². The summed E-state index contributed by atoms with van der Waals surface area (Å²) in [5.41, 5.74) is 5.07. The Morgan fingerprint density at radius 3 is 2.85 bits per heavy atom. The number of benzene rings is 1. The molecule has 0 aliphatic carbocycles. The zero-order valence-electron chi connectivity index (χ0n) is 15.1. The highest BCUT2D eigenvalue weighted by Crippen LogP contribution is 2.43. The lowest BCUT2D eigenvalue weighted by Gasteiger charge is -2.23. The number of hydrogen-bond donors (Lipinski definition) is 0. The summed E-state index contributed by atoms with van der Waals surface area (Å²) in [5, 5.41) is 11.5. The Morgan fingerprint density at radius 2 is 2.19 bits per heavy atom. The van der Waals surface area contributed by atoms with E-state index in [1.54, 1.807) is 25.4 Å². The van der Waals surface area contributed by atoms with E-state index in [1.807, 2.05) is 40.3 Å². The van der Waals surface area contributed by atoms with Crippen molar-refractivity contribution in [3.8, 4) is 33.5 Å². The molecule has 0 atom stereocenters. The maximum atomic E-state index is 12.5. The molecule has 0 unspecified atom stereocenters. The Labute approximate surface area is 161 Å². The number of nitrogens with zero attached hydrogens (tertiary/aromatic N) is 2. The average molecular weight is 378 g/mol. The van der Waals surface area contributed by atoms with E-state index in [0.717, 1.165) is 33.7 Å². The number of carbonyl (C=O) groups is 1. The standard InChI is InChI=1S/C21H18N2O3S/c1-3-26-21(24)17-11-16(19-5-4-8-27-19)20-15-9-14(12-22)18(25-2)10-13(15)6-7-23(17)20/h4-5,8-11H,3,6-7H2,1-2H3. The summed E-state index contributed by atoms with van der Waals surface area (Å²) in [6, 6.07) is 12.0. The van der Waals surface area contributed by atoms with Gasteiger partial charge in [-0.25, -0.2) is 4.79 Å². The fraction of sp³-hybridized carbons (Fsp3) is 0.238. The van der Waals surface area contributed by atoms with Gasteiger partial charge in [-0.05, 0) is 48.6 Å². The van der Waals surface area contributed by atoms with Gasteiger partial charge in [-0.2, -0.15) is 5.26 Å². The van der Waals surface area contributed by atoms with E-state index in [9.17, 15) is 10.1 Å². The van der Waals surface area contributed by atoms with Crippen molar-refractivity contribution >= 4 is 17.3 Å². The molecule has 2 aromatic heterocycles. The van der Waals surface area contributed by atoms with E-state index in [-0.39, 0.29) is 5.97 Å². The number of thiophene rings is 1. The number of methoxy groups -OCH3 is 1. The van der Waals surface area contributed by atoms with Gasteiger partial charge in [0.25, 0.3) is 0 Å². The van der Waals surface area contributed by atoms with Gasteiger partial charge in [0, 0.05) is 22.5 Å². The predicted molar refractivity (Wildman–Crippen MR) is 104 cm³/mol. The molecule has 1 aliphatic rings. The van der Waals surface area contributed by atoms with Crippen LogP contribution in [0.2, 0.25) is 0 Å². The predicted octanol–water partition coefficient (Wildman–Crippen LogP) is 4.50. The molecule has 1 aromatic carbocycles. The van der Waals surface area contributed by atoms with Gasteiger partial charge in [0.05, 0.1) is 25.0 Å². The fourth-order valence-electron chi connectivity index (χ4n) is 3.60. The molecule has 3 aromatic rings. The Balaban J connectivity index is 1.99. The van der Waals surface area contributed by atoms with E-state index in [0.29, 0.717) is 30.2 Å². The number of ether oxygens (including phenoxy) is 2. The maximum absolute atomic E-state index is 12.5. The van der Waals surface area contributed by atoms with E-state index in [1.165, 1.54) is 0 Å². The van der Waals surface area contributed by atoms with Gasteiger partial charge in [0.2, 0.25) is 0 Å². The van der Waals surface area contributed by atoms with Crippen molar-refractivity contribution in [2.45, 2.75) is 19.9 Å². The first kappa shape index (κ1) is 17.4. The summed E-state index contributed by atoms with van der Waals surface area (Å²) in [5.74, 6) is 0.263. The highest BCUT2D eigenvalue weighted by atomic mass is 32.1. The van der Waals surface area contributed by atoms with E-state index < -0.39 is 0 Å². The van der Waals surface area contributed by atoms with Crippen molar-refractivity contribution in [1.29, 1.82) is 5.26 Å². The Kier molecular flexibility index (Phi) is 4.46. The smallest absolute Gasteiger partial charge is 0.354 e. The summed E-state index contributed by atoms with van der Waals surface area (Å²) >= 11 is 1.62. The molecule has 1 aliphatic heterocycles. The van der Waals surface area contributed by atoms with Gasteiger partial charge in [-0.15, -0.1) is 11.3 Å². The van der Waals surface area contributed by atoms with Crippen molar-refractivity contribution in [2.24, 2.45) is 0 Å². The monoisotopic (exact) mass is 378 g/mol. The lowest BCUT2D eigenvalue weighted by atomic mass is 9.93. The van der Waals surface area contributed by atoms with E-state index in [2.05, 4.69) is 6.07 Å². The molecule has 136 valence electrons. The van der Waals surface area contributed by atoms with Crippen LogP contribution in [-0.4, -0.2) is 24.3 Å². The first-order chi connectivity index (χ1) is 13.2. The normalized spacial score (nSPS) is 12.0. The third-order valence-corrected chi connectivity index (χ3v) is 5.68. The number of aromatic nitrogens is 1. The molecule has 0 N–H and O–H groups in total. The van der Waals surface area contributed by atoms with Crippen LogP contribution < -0.4 is 4.74 Å². The summed E-state index contributed by atoms with van der Waals surface area (Å²) in [4.78, 5) is 13.6. The Morgan fingerprint density at radius 1 is 1.33 bits per heavy atom. The van der Waals surface area contributed by atoms with Crippen LogP contribution in [0.25, 0.3) is 21.7 Å². The maximum Gasteiger partial charge on any atom is 0.354 e. The Hall–Kier alpha value is -3.04. The lowest BCUT2D eigenvalue weighted by molar-refractivity contribution is 0.0514. The highest BCUT2D eigenvalue weighted by molar-refractivity contribution is 7.13. The first-order valence-electron chi connectivity index (χ1n) is 8.73. The third-order valence-electron chi connectivity index (χ3n) is 4.77. The second-order valence-corrected chi connectivity index (χ2v) is 7.16.